The minimum Gasteiger partial charge on any atom is -0.456 e. The highest BCUT2D eigenvalue weighted by molar-refractivity contribution is 6.23. The van der Waals surface area contributed by atoms with Crippen LogP contribution in [-0.2, 0) is 0 Å². The zero-order chi connectivity index (χ0) is 41.4. The van der Waals surface area contributed by atoms with Crippen LogP contribution in [0.25, 0.3) is 106 Å². The molecule has 0 atom stereocenters. The van der Waals surface area contributed by atoms with E-state index in [2.05, 4.69) is 228 Å². The van der Waals surface area contributed by atoms with E-state index >= 15 is 0 Å². The summed E-state index contributed by atoms with van der Waals surface area (Å²) in [7, 11) is 0. The molecule has 0 spiro atoms. The van der Waals surface area contributed by atoms with Crippen molar-refractivity contribution in [2.75, 3.05) is 4.90 Å². The minimum absolute atomic E-state index is 0.901. The second-order valence-electron chi connectivity index (χ2n) is 16.5. The van der Waals surface area contributed by atoms with Gasteiger partial charge in [-0.1, -0.05) is 164 Å². The molecule has 3 nitrogen and oxygen atoms in total. The smallest absolute Gasteiger partial charge is 0.136 e. The van der Waals surface area contributed by atoms with Crippen LogP contribution in [0.1, 0.15) is 11.1 Å². The van der Waals surface area contributed by atoms with Crippen molar-refractivity contribution in [1.82, 2.24) is 4.57 Å². The van der Waals surface area contributed by atoms with Gasteiger partial charge in [0.2, 0.25) is 0 Å². The van der Waals surface area contributed by atoms with Crippen LogP contribution < -0.4 is 4.90 Å². The molecule has 0 saturated carbocycles. The average Bonchev–Trinajstić information content (AvgIpc) is 3.84. The molecule has 0 saturated heterocycles. The fraction of sp³-hybridized carbons (Fsp3) is 0. The number of aromatic nitrogens is 1. The molecule has 0 aliphatic carbocycles. The van der Waals surface area contributed by atoms with Crippen molar-refractivity contribution in [2.24, 2.45) is 0 Å². The van der Waals surface area contributed by atoms with Gasteiger partial charge in [-0.05, 0) is 111 Å². The monoisotopic (exact) mass is 802 g/mol. The van der Waals surface area contributed by atoms with Crippen LogP contribution in [0.3, 0.4) is 0 Å². The van der Waals surface area contributed by atoms with E-state index in [1.54, 1.807) is 0 Å². The molecule has 12 aromatic rings. The maximum absolute atomic E-state index is 6.38. The Bertz CT molecular complexity index is 3800. The van der Waals surface area contributed by atoms with Crippen LogP contribution in [0, 0.1) is 0 Å². The third-order valence-corrected chi connectivity index (χ3v) is 12.9. The van der Waals surface area contributed by atoms with Crippen LogP contribution in [0.4, 0.5) is 17.1 Å². The van der Waals surface area contributed by atoms with Gasteiger partial charge >= 0.3 is 0 Å². The van der Waals surface area contributed by atoms with Gasteiger partial charge in [0.15, 0.2) is 0 Å². The van der Waals surface area contributed by atoms with Gasteiger partial charge in [0.25, 0.3) is 0 Å². The normalized spacial score (nSPS) is 12.1. The number of para-hydroxylation sites is 3. The zero-order valence-corrected chi connectivity index (χ0v) is 34.2. The first-order valence-electron chi connectivity index (χ1n) is 21.6. The molecule has 3 heteroatoms. The van der Waals surface area contributed by atoms with Crippen LogP contribution >= 0.6 is 0 Å². The SMILES string of the molecule is C1=Cc2cc(N(c3ccccc3)c3cccc(-c4cccc(-c5ccccc5)c4)c3)cc3c4ccc5c(-c6ccc7c(c6)oc6ccccc67)cccc5c4n(c23)-c2ccccc21. The maximum Gasteiger partial charge on any atom is 0.136 e. The van der Waals surface area contributed by atoms with Crippen molar-refractivity contribution >= 4 is 83.7 Å². The number of nitrogens with zero attached hydrogens (tertiary/aromatic N) is 2. The lowest BCUT2D eigenvalue weighted by molar-refractivity contribution is 0.669. The molecule has 0 fully saturated rings. The van der Waals surface area contributed by atoms with Crippen LogP contribution in [-0.4, -0.2) is 4.57 Å². The van der Waals surface area contributed by atoms with Crippen molar-refractivity contribution in [2.45, 2.75) is 0 Å². The molecule has 0 bridgehead atoms. The predicted molar refractivity (Wildman–Crippen MR) is 265 cm³/mol. The molecule has 1 aliphatic rings. The third kappa shape index (κ3) is 5.67. The summed E-state index contributed by atoms with van der Waals surface area (Å²) in [5, 5.41) is 7.12. The van der Waals surface area contributed by atoms with Crippen molar-refractivity contribution in [3.8, 4) is 39.1 Å². The molecule has 3 heterocycles. The summed E-state index contributed by atoms with van der Waals surface area (Å²) < 4.78 is 8.89. The van der Waals surface area contributed by atoms with Gasteiger partial charge in [0.05, 0.1) is 16.7 Å². The molecule has 1 aliphatic heterocycles. The number of fused-ring (bicyclic) bond motifs is 10. The minimum atomic E-state index is 0.901. The van der Waals surface area contributed by atoms with Crippen LogP contribution in [0.2, 0.25) is 0 Å². The second kappa shape index (κ2) is 14.1. The van der Waals surface area contributed by atoms with E-state index in [-0.39, 0.29) is 0 Å². The molecule has 63 heavy (non-hydrogen) atoms. The lowest BCUT2D eigenvalue weighted by Gasteiger charge is -2.27. The summed E-state index contributed by atoms with van der Waals surface area (Å²) in [5.41, 5.74) is 18.1. The highest BCUT2D eigenvalue weighted by Crippen LogP contribution is 2.47. The Kier molecular flexibility index (Phi) is 7.91. The summed E-state index contributed by atoms with van der Waals surface area (Å²) >= 11 is 0. The molecule has 2 aromatic heterocycles. The van der Waals surface area contributed by atoms with E-state index in [1.807, 2.05) is 12.1 Å². The molecular formula is C60H38N2O. The van der Waals surface area contributed by atoms with Gasteiger partial charge < -0.3 is 13.9 Å². The van der Waals surface area contributed by atoms with Crippen molar-refractivity contribution in [1.29, 1.82) is 0 Å². The van der Waals surface area contributed by atoms with E-state index < -0.39 is 0 Å². The third-order valence-electron chi connectivity index (χ3n) is 12.9. The zero-order valence-electron chi connectivity index (χ0n) is 34.2. The Labute approximate surface area is 364 Å². The Morgan fingerprint density at radius 1 is 0.317 bits per heavy atom. The summed E-state index contributed by atoms with van der Waals surface area (Å²) in [6.45, 7) is 0. The number of hydrogen-bond acceptors (Lipinski definition) is 2. The average molecular weight is 803 g/mol. The molecule has 0 amide bonds. The quantitative estimate of drug-likeness (QED) is 0.167. The van der Waals surface area contributed by atoms with Gasteiger partial charge in [0.1, 0.15) is 11.2 Å². The van der Waals surface area contributed by atoms with Gasteiger partial charge in [-0.3, -0.25) is 0 Å². The molecular weight excluding hydrogens is 765 g/mol. The van der Waals surface area contributed by atoms with E-state index in [0.29, 0.717) is 0 Å². The van der Waals surface area contributed by atoms with Crippen LogP contribution in [0.15, 0.2) is 223 Å². The number of rotatable bonds is 6. The Morgan fingerprint density at radius 2 is 0.937 bits per heavy atom. The largest absolute Gasteiger partial charge is 0.456 e. The maximum atomic E-state index is 6.38. The topological polar surface area (TPSA) is 21.3 Å². The van der Waals surface area contributed by atoms with E-state index in [1.165, 1.54) is 77.2 Å². The molecule has 294 valence electrons. The number of benzene rings is 10. The fourth-order valence-corrected chi connectivity index (χ4v) is 10.0. The highest BCUT2D eigenvalue weighted by atomic mass is 16.3. The standard InChI is InChI=1S/C60H38N2O/c1-3-14-39(15-4-1)41-17-11-18-42(34-41)43-19-12-22-47(35-43)61(46-20-5-2-6-21-46)48-36-45-29-28-40-16-7-9-26-56(40)62-59(45)55(38-48)54-33-32-50-49(24-13-25-53(50)60(54)62)44-30-31-52-51-23-8-10-27-57(51)63-58(52)37-44/h1-38H. The number of hydrogen-bond donors (Lipinski definition) is 0. The summed E-state index contributed by atoms with van der Waals surface area (Å²) in [5.74, 6) is 0. The fourth-order valence-electron chi connectivity index (χ4n) is 10.0. The lowest BCUT2D eigenvalue weighted by Crippen LogP contribution is -2.10. The Hall–Kier alpha value is -8.40. The summed E-state index contributed by atoms with van der Waals surface area (Å²) in [4.78, 5) is 2.41. The summed E-state index contributed by atoms with van der Waals surface area (Å²) in [6, 6.07) is 79.1. The first-order valence-corrected chi connectivity index (χ1v) is 21.6. The van der Waals surface area contributed by atoms with Gasteiger partial charge in [-0.2, -0.15) is 0 Å². The van der Waals surface area contributed by atoms with Crippen molar-refractivity contribution in [3.63, 3.8) is 0 Å². The predicted octanol–water partition coefficient (Wildman–Crippen LogP) is 16.8. The van der Waals surface area contributed by atoms with Crippen molar-refractivity contribution in [3.05, 3.63) is 230 Å². The first-order chi connectivity index (χ1) is 31.2. The number of furan rings is 1. The molecule has 0 N–H and O–H groups in total. The van der Waals surface area contributed by atoms with E-state index in [4.69, 9.17) is 4.42 Å². The molecule has 13 rings (SSSR count). The lowest BCUT2D eigenvalue weighted by atomic mass is 9.95. The van der Waals surface area contributed by atoms with Gasteiger partial charge in [0, 0.05) is 49.6 Å². The van der Waals surface area contributed by atoms with Gasteiger partial charge in [-0.25, -0.2) is 0 Å². The van der Waals surface area contributed by atoms with E-state index in [0.717, 1.165) is 44.6 Å². The van der Waals surface area contributed by atoms with Crippen molar-refractivity contribution < 1.29 is 4.42 Å². The highest BCUT2D eigenvalue weighted by Gasteiger charge is 2.24. The Morgan fingerprint density at radius 3 is 1.83 bits per heavy atom. The molecule has 0 unspecified atom stereocenters. The number of anilines is 3. The first kappa shape index (κ1) is 35.4. The molecule has 10 aromatic carbocycles. The van der Waals surface area contributed by atoms with E-state index in [9.17, 15) is 0 Å². The Balaban J connectivity index is 1.03. The van der Waals surface area contributed by atoms with Gasteiger partial charge in [-0.15, -0.1) is 0 Å². The molecule has 0 radical (unpaired) electrons. The van der Waals surface area contributed by atoms with Crippen LogP contribution in [0.5, 0.6) is 0 Å². The summed E-state index contributed by atoms with van der Waals surface area (Å²) in [6.07, 6.45) is 4.58. The second-order valence-corrected chi connectivity index (χ2v) is 16.5.